The van der Waals surface area contributed by atoms with Crippen molar-refractivity contribution in [3.8, 4) is 0 Å². The lowest BCUT2D eigenvalue weighted by Crippen LogP contribution is -2.31. The number of hydrogen-bond acceptors (Lipinski definition) is 4. The molecule has 0 rings (SSSR count). The second-order valence-electron chi connectivity index (χ2n) is 3.01. The molecule has 0 aliphatic heterocycles. The van der Waals surface area contributed by atoms with E-state index in [4.69, 9.17) is 0 Å². The molecule has 0 saturated heterocycles. The zero-order valence-electron chi connectivity index (χ0n) is 8.04. The Kier molecular flexibility index (Phi) is 9.80. The van der Waals surface area contributed by atoms with Crippen molar-refractivity contribution in [1.29, 1.82) is 0 Å². The zero-order chi connectivity index (χ0) is 9.94. The van der Waals surface area contributed by atoms with Crippen LogP contribution < -0.4 is 15.3 Å². The van der Waals surface area contributed by atoms with Gasteiger partial charge < -0.3 is 20.2 Å². The van der Waals surface area contributed by atoms with Gasteiger partial charge in [-0.3, -0.25) is 0 Å². The second kappa shape index (κ2) is 9.92. The lowest BCUT2D eigenvalue weighted by atomic mass is 10.3. The van der Waals surface area contributed by atoms with E-state index in [0.29, 0.717) is 19.3 Å². The molecular formula is C9H18NO3-3. The Labute approximate surface area is 79.8 Å². The van der Waals surface area contributed by atoms with Crippen LogP contribution in [0, 0.1) is 0 Å². The van der Waals surface area contributed by atoms with Crippen molar-refractivity contribution in [2.45, 2.75) is 19.3 Å². The molecule has 80 valence electrons. The third kappa shape index (κ3) is 8.18. The topological polar surface area (TPSA) is 72.4 Å². The second-order valence-corrected chi connectivity index (χ2v) is 3.01. The smallest absolute Gasteiger partial charge is 0.00316 e. The van der Waals surface area contributed by atoms with E-state index >= 15 is 0 Å². The highest BCUT2D eigenvalue weighted by Crippen LogP contribution is 1.94. The number of rotatable bonds is 9. The van der Waals surface area contributed by atoms with E-state index in [2.05, 4.69) is 0 Å². The lowest BCUT2D eigenvalue weighted by molar-refractivity contribution is -0.370. The SMILES string of the molecule is [O-]CCCN(CCC[O-])CCC[O-]. The van der Waals surface area contributed by atoms with Crippen molar-refractivity contribution >= 4 is 0 Å². The minimum atomic E-state index is -0.0781. The molecule has 0 saturated carbocycles. The van der Waals surface area contributed by atoms with E-state index < -0.39 is 0 Å². The summed E-state index contributed by atoms with van der Waals surface area (Å²) in [4.78, 5) is 2.04. The van der Waals surface area contributed by atoms with Crippen LogP contribution in [0.4, 0.5) is 0 Å². The molecule has 0 atom stereocenters. The van der Waals surface area contributed by atoms with Crippen molar-refractivity contribution in [3.63, 3.8) is 0 Å². The van der Waals surface area contributed by atoms with Gasteiger partial charge in [-0.2, -0.15) is 0 Å². The van der Waals surface area contributed by atoms with Crippen molar-refractivity contribution in [1.82, 2.24) is 4.90 Å². The van der Waals surface area contributed by atoms with E-state index in [9.17, 15) is 15.3 Å². The van der Waals surface area contributed by atoms with Gasteiger partial charge in [0.05, 0.1) is 0 Å². The summed E-state index contributed by atoms with van der Waals surface area (Å²) in [6.07, 6.45) is 1.83. The fraction of sp³-hybridized carbons (Fsp3) is 1.00. The fourth-order valence-electron chi connectivity index (χ4n) is 1.20. The maximum atomic E-state index is 10.2. The highest BCUT2D eigenvalue weighted by atomic mass is 16.3. The quantitative estimate of drug-likeness (QED) is 0.402. The largest absolute Gasteiger partial charge is 0.854 e. The van der Waals surface area contributed by atoms with E-state index in [-0.39, 0.29) is 19.8 Å². The molecule has 0 radical (unpaired) electrons. The third-order valence-electron chi connectivity index (χ3n) is 1.86. The average Bonchev–Trinajstić information content (AvgIpc) is 2.17. The summed E-state index contributed by atoms with van der Waals surface area (Å²) in [6, 6.07) is 0. The third-order valence-corrected chi connectivity index (χ3v) is 1.86. The van der Waals surface area contributed by atoms with Crippen LogP contribution in [-0.4, -0.2) is 44.4 Å². The molecule has 0 aromatic carbocycles. The Balaban J connectivity index is 3.47. The van der Waals surface area contributed by atoms with Gasteiger partial charge in [0.25, 0.3) is 0 Å². The Morgan fingerprint density at radius 2 is 0.923 bits per heavy atom. The van der Waals surface area contributed by atoms with Gasteiger partial charge in [-0.15, -0.1) is 19.8 Å². The zero-order valence-corrected chi connectivity index (χ0v) is 8.04. The van der Waals surface area contributed by atoms with Gasteiger partial charge in [-0.05, 0) is 19.6 Å². The van der Waals surface area contributed by atoms with Gasteiger partial charge in [-0.1, -0.05) is 19.3 Å². The first-order chi connectivity index (χ1) is 6.35. The van der Waals surface area contributed by atoms with E-state index in [1.54, 1.807) is 0 Å². The minimum Gasteiger partial charge on any atom is -0.854 e. The summed E-state index contributed by atoms with van der Waals surface area (Å²) in [6.45, 7) is 1.94. The van der Waals surface area contributed by atoms with Crippen LogP contribution in [0.25, 0.3) is 0 Å². The monoisotopic (exact) mass is 188 g/mol. The van der Waals surface area contributed by atoms with E-state index in [0.717, 1.165) is 19.6 Å². The van der Waals surface area contributed by atoms with Gasteiger partial charge in [0.1, 0.15) is 0 Å². The van der Waals surface area contributed by atoms with E-state index in [1.165, 1.54) is 0 Å². The Bertz CT molecular complexity index is 81.8. The number of nitrogens with zero attached hydrogens (tertiary/aromatic N) is 1. The van der Waals surface area contributed by atoms with E-state index in [1.807, 2.05) is 4.90 Å². The first-order valence-corrected chi connectivity index (χ1v) is 4.81. The van der Waals surface area contributed by atoms with Crippen molar-refractivity contribution in [3.05, 3.63) is 0 Å². The van der Waals surface area contributed by atoms with Crippen molar-refractivity contribution < 1.29 is 15.3 Å². The van der Waals surface area contributed by atoms with Crippen molar-refractivity contribution in [2.24, 2.45) is 0 Å². The standard InChI is InChI=1S/C9H18NO3/c11-7-1-4-10(5-2-8-12)6-3-9-13/h1-9H2/q-3. The first kappa shape index (κ1) is 12.8. The summed E-state index contributed by atoms with van der Waals surface area (Å²) < 4.78 is 0. The van der Waals surface area contributed by atoms with Gasteiger partial charge in [0.15, 0.2) is 0 Å². The molecule has 4 heteroatoms. The highest BCUT2D eigenvalue weighted by Gasteiger charge is 1.99. The summed E-state index contributed by atoms with van der Waals surface area (Å²) in [5.41, 5.74) is 0. The molecule has 0 heterocycles. The first-order valence-electron chi connectivity index (χ1n) is 4.81. The highest BCUT2D eigenvalue weighted by molar-refractivity contribution is 4.56. The van der Waals surface area contributed by atoms with Crippen LogP contribution >= 0.6 is 0 Å². The summed E-state index contributed by atoms with van der Waals surface area (Å²) >= 11 is 0. The van der Waals surface area contributed by atoms with Gasteiger partial charge in [0, 0.05) is 0 Å². The molecule has 0 fully saturated rings. The van der Waals surface area contributed by atoms with Crippen LogP contribution in [0.3, 0.4) is 0 Å². The Hall–Kier alpha value is -0.160. The van der Waals surface area contributed by atoms with Crippen molar-refractivity contribution in [2.75, 3.05) is 39.5 Å². The maximum Gasteiger partial charge on any atom is -0.00316 e. The van der Waals surface area contributed by atoms with Gasteiger partial charge in [0.2, 0.25) is 0 Å². The minimum absolute atomic E-state index is 0.0781. The number of hydrogen-bond donors (Lipinski definition) is 0. The van der Waals surface area contributed by atoms with Crippen LogP contribution in [0.5, 0.6) is 0 Å². The predicted octanol–water partition coefficient (Wildman–Crippen LogP) is -2.46. The van der Waals surface area contributed by atoms with Gasteiger partial charge >= 0.3 is 0 Å². The Morgan fingerprint density at radius 3 is 1.15 bits per heavy atom. The van der Waals surface area contributed by atoms with Crippen LogP contribution in [0.15, 0.2) is 0 Å². The molecule has 0 aromatic rings. The molecule has 0 unspecified atom stereocenters. The van der Waals surface area contributed by atoms with Crippen LogP contribution in [0.2, 0.25) is 0 Å². The average molecular weight is 188 g/mol. The molecule has 4 nitrogen and oxygen atoms in total. The normalized spacial score (nSPS) is 11.1. The lowest BCUT2D eigenvalue weighted by Gasteiger charge is -2.24. The molecule has 13 heavy (non-hydrogen) atoms. The Morgan fingerprint density at radius 1 is 0.615 bits per heavy atom. The van der Waals surface area contributed by atoms with Crippen LogP contribution in [0.1, 0.15) is 19.3 Å². The summed E-state index contributed by atoms with van der Waals surface area (Å²) in [7, 11) is 0. The molecular weight excluding hydrogens is 170 g/mol. The van der Waals surface area contributed by atoms with Gasteiger partial charge in [-0.25, -0.2) is 0 Å². The fourth-order valence-corrected chi connectivity index (χ4v) is 1.20. The maximum absolute atomic E-state index is 10.2. The molecule has 0 spiro atoms. The summed E-state index contributed by atoms with van der Waals surface area (Å²) in [5.74, 6) is 0. The molecule has 0 bridgehead atoms. The molecule has 0 amide bonds. The summed E-state index contributed by atoms with van der Waals surface area (Å²) in [5, 5.41) is 30.7. The molecule has 0 N–H and O–H groups in total. The van der Waals surface area contributed by atoms with Crippen LogP contribution in [-0.2, 0) is 0 Å². The predicted molar refractivity (Wildman–Crippen MR) is 44.9 cm³/mol. The molecule has 0 aliphatic carbocycles. The molecule has 0 aromatic heterocycles. The molecule has 0 aliphatic rings.